The number of aromatic amines is 1. The van der Waals surface area contributed by atoms with Crippen molar-refractivity contribution in [3.8, 4) is 5.75 Å². The molecule has 1 aromatic heterocycles. The van der Waals surface area contributed by atoms with Gasteiger partial charge in [0, 0.05) is 13.0 Å². The number of aryl methyl sites for hydroxylation is 1. The van der Waals surface area contributed by atoms with Crippen molar-refractivity contribution in [1.29, 1.82) is 0 Å². The summed E-state index contributed by atoms with van der Waals surface area (Å²) in [4.78, 5) is 15.5. The van der Waals surface area contributed by atoms with Gasteiger partial charge in [-0.1, -0.05) is 11.6 Å². The minimum Gasteiger partial charge on any atom is -0.482 e. The Hall–Kier alpha value is -2.15. The van der Waals surface area contributed by atoms with Gasteiger partial charge >= 0.3 is 0 Å². The monoisotopic (exact) mass is 312 g/mol. The Morgan fingerprint density at radius 3 is 3.05 bits per heavy atom. The van der Waals surface area contributed by atoms with Gasteiger partial charge in [-0.15, -0.1) is 0 Å². The third kappa shape index (κ3) is 5.03. The van der Waals surface area contributed by atoms with E-state index in [2.05, 4.69) is 20.5 Å². The van der Waals surface area contributed by atoms with E-state index in [-0.39, 0.29) is 23.3 Å². The number of nitrogens with one attached hydrogen (secondary N) is 2. The number of ether oxygens (including phenoxy) is 1. The Balaban J connectivity index is 1.65. The van der Waals surface area contributed by atoms with Crippen molar-refractivity contribution < 1.29 is 13.9 Å². The fourth-order valence-electron chi connectivity index (χ4n) is 1.62. The van der Waals surface area contributed by atoms with E-state index in [9.17, 15) is 9.18 Å². The molecule has 0 spiro atoms. The fourth-order valence-corrected chi connectivity index (χ4v) is 1.84. The number of aromatic nitrogens is 3. The molecule has 0 bridgehead atoms. The van der Waals surface area contributed by atoms with Crippen molar-refractivity contribution in [2.75, 3.05) is 13.2 Å². The second-order valence-corrected chi connectivity index (χ2v) is 4.66. The summed E-state index contributed by atoms with van der Waals surface area (Å²) in [6.07, 6.45) is 2.87. The quantitative estimate of drug-likeness (QED) is 0.763. The van der Waals surface area contributed by atoms with E-state index in [1.54, 1.807) is 0 Å². The van der Waals surface area contributed by atoms with Gasteiger partial charge in [-0.2, -0.15) is 5.10 Å². The van der Waals surface area contributed by atoms with Gasteiger partial charge in [0.15, 0.2) is 6.61 Å². The SMILES string of the molecule is O=C(COc1ccc(F)cc1Cl)NCCCc1ncn[nH]1. The topological polar surface area (TPSA) is 79.9 Å². The molecule has 21 heavy (non-hydrogen) atoms. The van der Waals surface area contributed by atoms with Crippen molar-refractivity contribution in [2.45, 2.75) is 12.8 Å². The number of hydrogen-bond acceptors (Lipinski definition) is 4. The molecule has 0 saturated carbocycles. The number of rotatable bonds is 7. The number of H-pyrrole nitrogens is 1. The summed E-state index contributed by atoms with van der Waals surface area (Å²) < 4.78 is 18.1. The van der Waals surface area contributed by atoms with Crippen LogP contribution in [0.4, 0.5) is 4.39 Å². The van der Waals surface area contributed by atoms with Crippen LogP contribution in [0.1, 0.15) is 12.2 Å². The second-order valence-electron chi connectivity index (χ2n) is 4.25. The number of halogens is 2. The largest absolute Gasteiger partial charge is 0.482 e. The van der Waals surface area contributed by atoms with E-state index < -0.39 is 5.82 Å². The fraction of sp³-hybridized carbons (Fsp3) is 0.308. The highest BCUT2D eigenvalue weighted by molar-refractivity contribution is 6.32. The van der Waals surface area contributed by atoms with E-state index in [4.69, 9.17) is 16.3 Å². The molecule has 2 N–H and O–H groups in total. The maximum atomic E-state index is 12.8. The van der Waals surface area contributed by atoms with Crippen LogP contribution in [0.25, 0.3) is 0 Å². The molecule has 0 fully saturated rings. The third-order valence-corrected chi connectivity index (χ3v) is 2.93. The zero-order valence-corrected chi connectivity index (χ0v) is 11.9. The lowest BCUT2D eigenvalue weighted by Crippen LogP contribution is -2.30. The van der Waals surface area contributed by atoms with Crippen molar-refractivity contribution >= 4 is 17.5 Å². The van der Waals surface area contributed by atoms with Gasteiger partial charge in [-0.05, 0) is 24.6 Å². The molecule has 0 radical (unpaired) electrons. The number of carbonyl (C=O) groups excluding carboxylic acids is 1. The van der Waals surface area contributed by atoms with E-state index in [1.807, 2.05) is 0 Å². The summed E-state index contributed by atoms with van der Waals surface area (Å²) in [5.74, 6) is 0.325. The molecule has 112 valence electrons. The van der Waals surface area contributed by atoms with Crippen LogP contribution in [0.5, 0.6) is 5.75 Å². The normalized spacial score (nSPS) is 10.4. The average molecular weight is 313 g/mol. The van der Waals surface area contributed by atoms with Gasteiger partial charge < -0.3 is 10.1 Å². The van der Waals surface area contributed by atoms with Crippen LogP contribution in [0.2, 0.25) is 5.02 Å². The Kier molecular flexibility index (Phi) is 5.51. The van der Waals surface area contributed by atoms with E-state index in [0.717, 1.165) is 18.3 Å². The third-order valence-electron chi connectivity index (χ3n) is 2.63. The lowest BCUT2D eigenvalue weighted by atomic mass is 10.3. The average Bonchev–Trinajstić information content (AvgIpc) is 2.96. The van der Waals surface area contributed by atoms with Crippen LogP contribution in [0.15, 0.2) is 24.5 Å². The molecule has 0 aliphatic carbocycles. The van der Waals surface area contributed by atoms with Crippen molar-refractivity contribution in [3.05, 3.63) is 41.2 Å². The molecule has 0 saturated heterocycles. The van der Waals surface area contributed by atoms with Gasteiger partial charge in [-0.3, -0.25) is 9.89 Å². The van der Waals surface area contributed by atoms with E-state index in [1.165, 1.54) is 18.5 Å². The zero-order chi connectivity index (χ0) is 15.1. The number of benzene rings is 1. The summed E-state index contributed by atoms with van der Waals surface area (Å²) in [7, 11) is 0. The predicted molar refractivity (Wildman–Crippen MR) is 74.6 cm³/mol. The van der Waals surface area contributed by atoms with E-state index >= 15 is 0 Å². The molecule has 1 heterocycles. The number of amides is 1. The molecule has 1 aromatic carbocycles. The van der Waals surface area contributed by atoms with Crippen LogP contribution < -0.4 is 10.1 Å². The van der Waals surface area contributed by atoms with Gasteiger partial charge in [0.25, 0.3) is 5.91 Å². The molecular formula is C13H14ClFN4O2. The molecule has 8 heteroatoms. The minimum atomic E-state index is -0.454. The summed E-state index contributed by atoms with van der Waals surface area (Å²) in [5, 5.41) is 9.31. The molecule has 0 unspecified atom stereocenters. The van der Waals surface area contributed by atoms with Crippen LogP contribution in [-0.2, 0) is 11.2 Å². The number of carbonyl (C=O) groups is 1. The predicted octanol–water partition coefficient (Wildman–Crippen LogP) is 1.72. The Morgan fingerprint density at radius 1 is 1.48 bits per heavy atom. The standard InChI is InChI=1S/C13H14ClFN4O2/c14-10-6-9(15)3-4-11(10)21-7-13(20)16-5-1-2-12-17-8-18-19-12/h3-4,6,8H,1-2,5,7H2,(H,16,20)(H,17,18,19). The van der Waals surface area contributed by atoms with Crippen molar-refractivity contribution in [3.63, 3.8) is 0 Å². The molecule has 0 atom stereocenters. The van der Waals surface area contributed by atoms with Crippen molar-refractivity contribution in [1.82, 2.24) is 20.5 Å². The Labute approximate surface area is 125 Å². The smallest absolute Gasteiger partial charge is 0.257 e. The van der Waals surface area contributed by atoms with Gasteiger partial charge in [0.2, 0.25) is 0 Å². The second kappa shape index (κ2) is 7.58. The van der Waals surface area contributed by atoms with Crippen LogP contribution in [0, 0.1) is 5.82 Å². The molecule has 2 rings (SSSR count). The maximum Gasteiger partial charge on any atom is 0.257 e. The molecular weight excluding hydrogens is 299 g/mol. The van der Waals surface area contributed by atoms with Gasteiger partial charge in [0.05, 0.1) is 5.02 Å². The van der Waals surface area contributed by atoms with Crippen LogP contribution >= 0.6 is 11.6 Å². The highest BCUT2D eigenvalue weighted by atomic mass is 35.5. The highest BCUT2D eigenvalue weighted by Crippen LogP contribution is 2.24. The summed E-state index contributed by atoms with van der Waals surface area (Å²) in [6, 6.07) is 3.73. The first-order valence-electron chi connectivity index (χ1n) is 6.34. The van der Waals surface area contributed by atoms with Gasteiger partial charge in [-0.25, -0.2) is 9.37 Å². The maximum absolute atomic E-state index is 12.8. The minimum absolute atomic E-state index is 0.133. The summed E-state index contributed by atoms with van der Waals surface area (Å²) >= 11 is 5.78. The first-order valence-corrected chi connectivity index (χ1v) is 6.72. The summed E-state index contributed by atoms with van der Waals surface area (Å²) in [6.45, 7) is 0.327. The van der Waals surface area contributed by atoms with Crippen LogP contribution in [-0.4, -0.2) is 34.2 Å². The highest BCUT2D eigenvalue weighted by Gasteiger charge is 2.06. The number of nitrogens with zero attached hydrogens (tertiary/aromatic N) is 2. The molecule has 1 amide bonds. The molecule has 0 aliphatic rings. The lowest BCUT2D eigenvalue weighted by Gasteiger charge is -2.08. The lowest BCUT2D eigenvalue weighted by molar-refractivity contribution is -0.123. The van der Waals surface area contributed by atoms with Crippen LogP contribution in [0.3, 0.4) is 0 Å². The Morgan fingerprint density at radius 2 is 2.33 bits per heavy atom. The zero-order valence-electron chi connectivity index (χ0n) is 11.1. The molecule has 0 aliphatic heterocycles. The van der Waals surface area contributed by atoms with Crippen molar-refractivity contribution in [2.24, 2.45) is 0 Å². The first kappa shape index (κ1) is 15.2. The van der Waals surface area contributed by atoms with E-state index in [0.29, 0.717) is 13.0 Å². The Bertz CT molecular complexity index is 592. The van der Waals surface area contributed by atoms with Gasteiger partial charge in [0.1, 0.15) is 23.7 Å². The molecule has 6 nitrogen and oxygen atoms in total. The molecule has 2 aromatic rings. The number of hydrogen-bond donors (Lipinski definition) is 2. The summed E-state index contributed by atoms with van der Waals surface area (Å²) in [5.41, 5.74) is 0. The first-order chi connectivity index (χ1) is 10.1.